The average molecular weight is 241 g/mol. The molecule has 92 valence electrons. The fourth-order valence-electron chi connectivity index (χ4n) is 2.42. The second kappa shape index (κ2) is 4.84. The molecule has 0 saturated carbocycles. The Bertz CT molecular complexity index is 542. The van der Waals surface area contributed by atoms with Gasteiger partial charge in [0.25, 0.3) is 0 Å². The standard InChI is InChI=1S/C14H15N3O/c15-9-13-11-3-1-4-12(10(11)5-8-18-13)14-16-6-2-7-17-14/h1-4,6-7,13H,5,8-9,15H2. The van der Waals surface area contributed by atoms with E-state index in [0.29, 0.717) is 13.2 Å². The van der Waals surface area contributed by atoms with Gasteiger partial charge in [-0.15, -0.1) is 0 Å². The van der Waals surface area contributed by atoms with Crippen LogP contribution >= 0.6 is 0 Å². The second-order valence-electron chi connectivity index (χ2n) is 4.29. The van der Waals surface area contributed by atoms with Crippen LogP contribution in [0.4, 0.5) is 0 Å². The first-order valence-corrected chi connectivity index (χ1v) is 6.11. The Morgan fingerprint density at radius 3 is 2.83 bits per heavy atom. The van der Waals surface area contributed by atoms with Crippen LogP contribution in [-0.4, -0.2) is 23.1 Å². The van der Waals surface area contributed by atoms with E-state index in [4.69, 9.17) is 10.5 Å². The lowest BCUT2D eigenvalue weighted by Crippen LogP contribution is -2.23. The Morgan fingerprint density at radius 2 is 2.06 bits per heavy atom. The van der Waals surface area contributed by atoms with Crippen molar-refractivity contribution in [2.75, 3.05) is 13.2 Å². The van der Waals surface area contributed by atoms with Crippen LogP contribution in [0.2, 0.25) is 0 Å². The highest BCUT2D eigenvalue weighted by molar-refractivity contribution is 5.63. The molecule has 1 atom stereocenters. The Labute approximate surface area is 106 Å². The van der Waals surface area contributed by atoms with Crippen molar-refractivity contribution in [3.63, 3.8) is 0 Å². The van der Waals surface area contributed by atoms with Crippen molar-refractivity contribution in [3.8, 4) is 11.4 Å². The molecule has 2 N–H and O–H groups in total. The number of hydrogen-bond acceptors (Lipinski definition) is 4. The number of hydrogen-bond donors (Lipinski definition) is 1. The highest BCUT2D eigenvalue weighted by atomic mass is 16.5. The molecule has 0 saturated heterocycles. The zero-order chi connectivity index (χ0) is 12.4. The topological polar surface area (TPSA) is 61.0 Å². The molecule has 3 rings (SSSR count). The van der Waals surface area contributed by atoms with Crippen LogP contribution in [0.3, 0.4) is 0 Å². The minimum atomic E-state index is -0.00240. The largest absolute Gasteiger partial charge is 0.372 e. The molecule has 0 fully saturated rings. The molecule has 1 unspecified atom stereocenters. The highest BCUT2D eigenvalue weighted by Gasteiger charge is 2.22. The monoisotopic (exact) mass is 241 g/mol. The van der Waals surface area contributed by atoms with Crippen molar-refractivity contribution in [2.45, 2.75) is 12.5 Å². The van der Waals surface area contributed by atoms with E-state index in [2.05, 4.69) is 22.1 Å². The Kier molecular flexibility index (Phi) is 3.04. The summed E-state index contributed by atoms with van der Waals surface area (Å²) in [6.45, 7) is 1.21. The van der Waals surface area contributed by atoms with Crippen LogP contribution in [0.25, 0.3) is 11.4 Å². The number of aromatic nitrogens is 2. The van der Waals surface area contributed by atoms with E-state index in [1.807, 2.05) is 12.1 Å². The molecule has 2 aromatic rings. The smallest absolute Gasteiger partial charge is 0.159 e. The van der Waals surface area contributed by atoms with Crippen molar-refractivity contribution < 1.29 is 4.74 Å². The molecular formula is C14H15N3O. The van der Waals surface area contributed by atoms with Gasteiger partial charge in [0.2, 0.25) is 0 Å². The number of nitrogens with zero attached hydrogens (tertiary/aromatic N) is 2. The van der Waals surface area contributed by atoms with E-state index in [1.54, 1.807) is 12.4 Å². The summed E-state index contributed by atoms with van der Waals surface area (Å²) >= 11 is 0. The van der Waals surface area contributed by atoms with Crippen LogP contribution in [-0.2, 0) is 11.2 Å². The maximum Gasteiger partial charge on any atom is 0.159 e. The lowest BCUT2D eigenvalue weighted by atomic mass is 9.92. The normalized spacial score (nSPS) is 18.4. The lowest BCUT2D eigenvalue weighted by molar-refractivity contribution is 0.0486. The molecule has 4 heteroatoms. The van der Waals surface area contributed by atoms with Gasteiger partial charge in [-0.3, -0.25) is 0 Å². The lowest BCUT2D eigenvalue weighted by Gasteiger charge is -2.26. The Morgan fingerprint density at radius 1 is 1.22 bits per heavy atom. The summed E-state index contributed by atoms with van der Waals surface area (Å²) in [4.78, 5) is 8.65. The fraction of sp³-hybridized carbons (Fsp3) is 0.286. The van der Waals surface area contributed by atoms with Gasteiger partial charge in [-0.2, -0.15) is 0 Å². The molecule has 0 radical (unpaired) electrons. The zero-order valence-electron chi connectivity index (χ0n) is 10.0. The SMILES string of the molecule is NCC1OCCc2c(-c3ncccn3)cccc21. The summed E-state index contributed by atoms with van der Waals surface area (Å²) in [5, 5.41) is 0. The second-order valence-corrected chi connectivity index (χ2v) is 4.29. The average Bonchev–Trinajstić information content (AvgIpc) is 2.47. The first kappa shape index (κ1) is 11.3. The third-order valence-electron chi connectivity index (χ3n) is 3.25. The molecular weight excluding hydrogens is 226 g/mol. The summed E-state index contributed by atoms with van der Waals surface area (Å²) in [7, 11) is 0. The summed E-state index contributed by atoms with van der Waals surface area (Å²) < 4.78 is 5.68. The van der Waals surface area contributed by atoms with Gasteiger partial charge in [0, 0.05) is 24.5 Å². The fourth-order valence-corrected chi connectivity index (χ4v) is 2.42. The van der Waals surface area contributed by atoms with Gasteiger partial charge in [0.15, 0.2) is 5.82 Å². The quantitative estimate of drug-likeness (QED) is 0.869. The summed E-state index contributed by atoms with van der Waals surface area (Å²) in [6, 6.07) is 7.98. The first-order valence-electron chi connectivity index (χ1n) is 6.11. The number of nitrogens with two attached hydrogens (primary N) is 1. The van der Waals surface area contributed by atoms with Gasteiger partial charge in [0.1, 0.15) is 0 Å². The van der Waals surface area contributed by atoms with E-state index < -0.39 is 0 Å². The predicted molar refractivity (Wildman–Crippen MR) is 68.9 cm³/mol. The van der Waals surface area contributed by atoms with Gasteiger partial charge in [-0.1, -0.05) is 18.2 Å². The number of fused-ring (bicyclic) bond motifs is 1. The van der Waals surface area contributed by atoms with Crippen LogP contribution in [0.15, 0.2) is 36.7 Å². The maximum atomic E-state index is 5.75. The van der Waals surface area contributed by atoms with Crippen molar-refractivity contribution in [1.29, 1.82) is 0 Å². The van der Waals surface area contributed by atoms with Gasteiger partial charge >= 0.3 is 0 Å². The van der Waals surface area contributed by atoms with Gasteiger partial charge < -0.3 is 10.5 Å². The highest BCUT2D eigenvalue weighted by Crippen LogP contribution is 2.32. The predicted octanol–water partition coefficient (Wildman–Crippen LogP) is 1.72. The van der Waals surface area contributed by atoms with Gasteiger partial charge in [-0.25, -0.2) is 9.97 Å². The van der Waals surface area contributed by atoms with Crippen molar-refractivity contribution in [1.82, 2.24) is 9.97 Å². The first-order chi connectivity index (χ1) is 8.90. The van der Waals surface area contributed by atoms with Crippen LogP contribution < -0.4 is 5.73 Å². The summed E-state index contributed by atoms with van der Waals surface area (Å²) in [5.74, 6) is 0.770. The number of benzene rings is 1. The molecule has 0 bridgehead atoms. The molecule has 0 aliphatic carbocycles. The minimum Gasteiger partial charge on any atom is -0.372 e. The van der Waals surface area contributed by atoms with Crippen LogP contribution in [0.1, 0.15) is 17.2 Å². The van der Waals surface area contributed by atoms with Gasteiger partial charge in [-0.05, 0) is 23.6 Å². The van der Waals surface area contributed by atoms with E-state index in [0.717, 1.165) is 17.8 Å². The molecule has 0 spiro atoms. The molecule has 1 aliphatic heterocycles. The Hall–Kier alpha value is -1.78. The maximum absolute atomic E-state index is 5.75. The van der Waals surface area contributed by atoms with E-state index >= 15 is 0 Å². The van der Waals surface area contributed by atoms with Crippen molar-refractivity contribution >= 4 is 0 Å². The summed E-state index contributed by atoms with van der Waals surface area (Å²) in [6.07, 6.45) is 4.42. The molecule has 1 aliphatic rings. The number of rotatable bonds is 2. The summed E-state index contributed by atoms with van der Waals surface area (Å²) in [5.41, 5.74) is 9.29. The zero-order valence-corrected chi connectivity index (χ0v) is 10.0. The molecule has 4 nitrogen and oxygen atoms in total. The molecule has 0 amide bonds. The van der Waals surface area contributed by atoms with Crippen molar-refractivity contribution in [3.05, 3.63) is 47.8 Å². The van der Waals surface area contributed by atoms with Crippen LogP contribution in [0, 0.1) is 0 Å². The third kappa shape index (κ3) is 1.89. The Balaban J connectivity index is 2.12. The molecule has 2 heterocycles. The minimum absolute atomic E-state index is 0.00240. The molecule has 1 aromatic heterocycles. The molecule has 1 aromatic carbocycles. The van der Waals surface area contributed by atoms with E-state index in [1.165, 1.54) is 11.1 Å². The van der Waals surface area contributed by atoms with Crippen LogP contribution in [0.5, 0.6) is 0 Å². The van der Waals surface area contributed by atoms with Crippen molar-refractivity contribution in [2.24, 2.45) is 5.73 Å². The number of ether oxygens (including phenoxy) is 1. The van der Waals surface area contributed by atoms with E-state index in [-0.39, 0.29) is 6.10 Å². The van der Waals surface area contributed by atoms with Gasteiger partial charge in [0.05, 0.1) is 12.7 Å². The third-order valence-corrected chi connectivity index (χ3v) is 3.25. The van der Waals surface area contributed by atoms with E-state index in [9.17, 15) is 0 Å². The molecule has 18 heavy (non-hydrogen) atoms.